The van der Waals surface area contributed by atoms with Gasteiger partial charge in [-0.25, -0.2) is 9.79 Å². The lowest BCUT2D eigenvalue weighted by atomic mass is 9.93. The van der Waals surface area contributed by atoms with E-state index in [0.717, 1.165) is 22.0 Å². The van der Waals surface area contributed by atoms with Crippen molar-refractivity contribution in [1.82, 2.24) is 4.57 Å². The number of allylic oxidation sites excluding steroid dienone is 1. The number of methoxy groups -OCH3 is 2. The third-order valence-corrected chi connectivity index (χ3v) is 9.04. The van der Waals surface area contributed by atoms with Gasteiger partial charge in [0.15, 0.2) is 4.80 Å². The van der Waals surface area contributed by atoms with Crippen LogP contribution >= 0.6 is 38.9 Å². The van der Waals surface area contributed by atoms with Crippen molar-refractivity contribution in [2.24, 2.45) is 4.99 Å². The van der Waals surface area contributed by atoms with E-state index in [1.165, 1.54) is 11.3 Å². The van der Waals surface area contributed by atoms with Gasteiger partial charge in [0.2, 0.25) is 0 Å². The van der Waals surface area contributed by atoms with Gasteiger partial charge in [0.1, 0.15) is 29.9 Å². The van der Waals surface area contributed by atoms with Crippen molar-refractivity contribution in [3.8, 4) is 17.2 Å². The number of hydrogen-bond donors (Lipinski definition) is 0. The second kappa shape index (κ2) is 14.5. The molecule has 0 saturated heterocycles. The number of nitrogens with zero attached hydrogens (tertiary/aromatic N) is 2. The van der Waals surface area contributed by atoms with Crippen molar-refractivity contribution < 1.29 is 23.7 Å². The monoisotopic (exact) mass is 710 g/mol. The maximum atomic E-state index is 14.2. The zero-order chi connectivity index (χ0) is 32.1. The molecule has 0 fully saturated rings. The minimum atomic E-state index is -0.829. The summed E-state index contributed by atoms with van der Waals surface area (Å²) in [6, 6.07) is 17.6. The number of fused-ring (bicyclic) bond motifs is 1. The third kappa shape index (κ3) is 7.03. The van der Waals surface area contributed by atoms with Gasteiger partial charge in [-0.2, -0.15) is 0 Å². The number of benzene rings is 3. The number of aromatic nitrogens is 1. The van der Waals surface area contributed by atoms with Gasteiger partial charge in [-0.05, 0) is 88.9 Å². The molecule has 1 aliphatic rings. The number of halogens is 2. The van der Waals surface area contributed by atoms with Crippen molar-refractivity contribution in [2.45, 2.75) is 39.3 Å². The molecule has 234 valence electrons. The molecule has 1 aliphatic heterocycles. The Hall–Kier alpha value is -3.86. The maximum absolute atomic E-state index is 14.2. The Morgan fingerprint density at radius 1 is 1.04 bits per heavy atom. The first-order chi connectivity index (χ1) is 21.8. The molecule has 4 aromatic rings. The van der Waals surface area contributed by atoms with Gasteiger partial charge in [0, 0.05) is 10.6 Å². The summed E-state index contributed by atoms with van der Waals surface area (Å²) in [5.41, 5.74) is 2.99. The van der Waals surface area contributed by atoms with Gasteiger partial charge in [0.25, 0.3) is 5.56 Å². The fourth-order valence-electron chi connectivity index (χ4n) is 5.09. The molecule has 45 heavy (non-hydrogen) atoms. The number of rotatable bonds is 11. The fraction of sp³-hybridized carbons (Fsp3) is 0.265. The fourth-order valence-corrected chi connectivity index (χ4v) is 6.74. The van der Waals surface area contributed by atoms with Gasteiger partial charge >= 0.3 is 5.97 Å². The molecule has 1 aromatic heterocycles. The summed E-state index contributed by atoms with van der Waals surface area (Å²) >= 11 is 10.9. The first-order valence-electron chi connectivity index (χ1n) is 14.4. The van der Waals surface area contributed by atoms with E-state index in [9.17, 15) is 9.59 Å². The Kier molecular flexibility index (Phi) is 10.5. The summed E-state index contributed by atoms with van der Waals surface area (Å²) in [6.07, 6.45) is 3.09. The predicted octanol–water partition coefficient (Wildman–Crippen LogP) is 6.59. The summed E-state index contributed by atoms with van der Waals surface area (Å²) in [5, 5.41) is 0.669. The molecular weight excluding hydrogens is 680 g/mol. The van der Waals surface area contributed by atoms with Crippen LogP contribution in [0.25, 0.3) is 6.08 Å². The molecule has 0 bridgehead atoms. The normalized spacial score (nSPS) is 14.5. The Bertz CT molecular complexity index is 1930. The molecule has 5 rings (SSSR count). The molecule has 3 aromatic carbocycles. The average molecular weight is 712 g/mol. The second-order valence-electron chi connectivity index (χ2n) is 10.1. The highest BCUT2D eigenvalue weighted by atomic mass is 79.9. The first kappa shape index (κ1) is 32.5. The minimum Gasteiger partial charge on any atom is -0.497 e. The van der Waals surface area contributed by atoms with Crippen molar-refractivity contribution in [2.75, 3.05) is 20.8 Å². The van der Waals surface area contributed by atoms with E-state index in [4.69, 9.17) is 35.5 Å². The molecule has 1 atom stereocenters. The van der Waals surface area contributed by atoms with Crippen LogP contribution < -0.4 is 29.1 Å². The number of carbonyl (C=O) groups excluding carboxylic acids is 1. The second-order valence-corrected chi connectivity index (χ2v) is 12.4. The molecule has 0 N–H and O–H groups in total. The summed E-state index contributed by atoms with van der Waals surface area (Å²) in [7, 11) is 3.12. The summed E-state index contributed by atoms with van der Waals surface area (Å²) in [5.74, 6) is 1.21. The topological polar surface area (TPSA) is 88.4 Å². The lowest BCUT2D eigenvalue weighted by Crippen LogP contribution is -2.40. The SMILES string of the molecule is CCCC1=C(C(=O)OCC)[C@H](c2cc(OC)ccc2OC)n2c(s/c(=C\c3ccc(OCc4ccc(Cl)cc4)c(Br)c3)c2=O)=N1. The summed E-state index contributed by atoms with van der Waals surface area (Å²) in [4.78, 5) is 33.0. The number of ether oxygens (including phenoxy) is 4. The molecule has 2 heterocycles. The highest BCUT2D eigenvalue weighted by molar-refractivity contribution is 9.10. The van der Waals surface area contributed by atoms with Crippen molar-refractivity contribution in [3.63, 3.8) is 0 Å². The molecule has 8 nitrogen and oxygen atoms in total. The Morgan fingerprint density at radius 2 is 1.80 bits per heavy atom. The molecule has 11 heteroatoms. The van der Waals surface area contributed by atoms with Crippen LogP contribution in [-0.4, -0.2) is 31.4 Å². The van der Waals surface area contributed by atoms with Gasteiger partial charge < -0.3 is 18.9 Å². The molecule has 0 aliphatic carbocycles. The van der Waals surface area contributed by atoms with E-state index in [0.29, 0.717) is 61.5 Å². The molecule has 0 unspecified atom stereocenters. The molecular formula is C34H32BrClN2O6S. The highest BCUT2D eigenvalue weighted by Crippen LogP contribution is 2.39. The van der Waals surface area contributed by atoms with E-state index in [1.54, 1.807) is 43.9 Å². The summed E-state index contributed by atoms with van der Waals surface area (Å²) < 4.78 is 25.5. The van der Waals surface area contributed by atoms with Crippen LogP contribution in [0.5, 0.6) is 17.2 Å². The van der Waals surface area contributed by atoms with Crippen molar-refractivity contribution in [3.05, 3.63) is 118 Å². The number of esters is 1. The predicted molar refractivity (Wildman–Crippen MR) is 179 cm³/mol. The Balaban J connectivity index is 1.61. The van der Waals surface area contributed by atoms with Crippen LogP contribution in [0.1, 0.15) is 49.4 Å². The van der Waals surface area contributed by atoms with E-state index in [1.807, 2.05) is 55.5 Å². The minimum absolute atomic E-state index is 0.183. The molecule has 0 spiro atoms. The van der Waals surface area contributed by atoms with Gasteiger partial charge in [-0.3, -0.25) is 9.36 Å². The van der Waals surface area contributed by atoms with E-state index < -0.39 is 12.0 Å². The smallest absolute Gasteiger partial charge is 0.338 e. The van der Waals surface area contributed by atoms with Crippen LogP contribution in [0.3, 0.4) is 0 Å². The lowest BCUT2D eigenvalue weighted by Gasteiger charge is -2.27. The lowest BCUT2D eigenvalue weighted by molar-refractivity contribution is -0.139. The van der Waals surface area contributed by atoms with E-state index in [-0.39, 0.29) is 12.2 Å². The largest absolute Gasteiger partial charge is 0.497 e. The molecule has 0 amide bonds. The molecule has 0 radical (unpaired) electrons. The number of thiazole rings is 1. The maximum Gasteiger partial charge on any atom is 0.338 e. The van der Waals surface area contributed by atoms with Crippen LogP contribution in [0, 0.1) is 0 Å². The quantitative estimate of drug-likeness (QED) is 0.163. The van der Waals surface area contributed by atoms with Crippen molar-refractivity contribution in [1.29, 1.82) is 0 Å². The Labute approximate surface area is 278 Å². The molecule has 0 saturated carbocycles. The van der Waals surface area contributed by atoms with Crippen LogP contribution in [0.4, 0.5) is 0 Å². The third-order valence-electron chi connectivity index (χ3n) is 7.18. The van der Waals surface area contributed by atoms with Gasteiger partial charge in [-0.1, -0.05) is 54.5 Å². The van der Waals surface area contributed by atoms with E-state index in [2.05, 4.69) is 15.9 Å². The van der Waals surface area contributed by atoms with Crippen molar-refractivity contribution >= 4 is 50.9 Å². The standard InChI is InChI=1S/C34H32BrClN2O6S/c1-5-7-26-30(33(40)43-6-2)31(24-18-23(41-3)13-15-27(24)42-4)38-32(39)29(45-34(38)37-26)17-21-10-14-28(25(35)16-21)44-19-20-8-11-22(36)12-9-20/h8-18,31H,5-7,19H2,1-4H3/b29-17-/t31-/m0/s1. The average Bonchev–Trinajstić information content (AvgIpc) is 3.34. The van der Waals surface area contributed by atoms with Crippen LogP contribution in [-0.2, 0) is 16.1 Å². The van der Waals surface area contributed by atoms with Crippen LogP contribution in [0.15, 0.2) is 86.2 Å². The van der Waals surface area contributed by atoms with Gasteiger partial charge in [-0.15, -0.1) is 0 Å². The summed E-state index contributed by atoms with van der Waals surface area (Å²) in [6.45, 7) is 4.33. The number of carbonyl (C=O) groups is 1. The Morgan fingerprint density at radius 3 is 2.47 bits per heavy atom. The zero-order valence-electron chi connectivity index (χ0n) is 25.3. The van der Waals surface area contributed by atoms with E-state index >= 15 is 0 Å². The highest BCUT2D eigenvalue weighted by Gasteiger charge is 2.36. The zero-order valence-corrected chi connectivity index (χ0v) is 28.4. The van der Waals surface area contributed by atoms with Crippen LogP contribution in [0.2, 0.25) is 5.02 Å². The van der Waals surface area contributed by atoms with Gasteiger partial charge in [0.05, 0.1) is 41.1 Å². The number of hydrogen-bond acceptors (Lipinski definition) is 8. The first-order valence-corrected chi connectivity index (χ1v) is 16.4.